The number of benzene rings is 3. The van der Waals surface area contributed by atoms with E-state index >= 15 is 0 Å². The third kappa shape index (κ3) is 3.72. The molecule has 0 unspecified atom stereocenters. The maximum Gasteiger partial charge on any atom is 0.361 e. The van der Waals surface area contributed by atoms with E-state index < -0.39 is 5.63 Å². The second-order valence-corrected chi connectivity index (χ2v) is 7.56. The van der Waals surface area contributed by atoms with Gasteiger partial charge in [-0.15, -0.1) is 0 Å². The summed E-state index contributed by atoms with van der Waals surface area (Å²) in [6.45, 7) is 0. The topological polar surface area (TPSA) is 73.3 Å². The zero-order valence-corrected chi connectivity index (χ0v) is 18.1. The summed E-state index contributed by atoms with van der Waals surface area (Å²) in [4.78, 5) is 13.2. The van der Waals surface area contributed by atoms with Gasteiger partial charge >= 0.3 is 5.63 Å². The van der Waals surface area contributed by atoms with Crippen molar-refractivity contribution < 1.29 is 19.0 Å². The third-order valence-corrected chi connectivity index (χ3v) is 5.62. The first-order valence-corrected chi connectivity index (χ1v) is 10.3. The fourth-order valence-corrected chi connectivity index (χ4v) is 3.93. The number of phenols is 1. The van der Waals surface area contributed by atoms with Gasteiger partial charge in [0.25, 0.3) is 0 Å². The summed E-state index contributed by atoms with van der Waals surface area (Å²) in [6.07, 6.45) is 3.71. The van der Waals surface area contributed by atoms with Gasteiger partial charge in [-0.1, -0.05) is 24.3 Å². The number of aromatic hydroxyl groups is 1. The van der Waals surface area contributed by atoms with E-state index in [0.29, 0.717) is 16.8 Å². The van der Waals surface area contributed by atoms with Crippen molar-refractivity contribution in [1.29, 1.82) is 0 Å². The molecule has 0 radical (unpaired) electrons. The molecule has 2 aromatic heterocycles. The maximum absolute atomic E-state index is 13.2. The Morgan fingerprint density at radius 2 is 1.27 bits per heavy atom. The monoisotopic (exact) mass is 439 g/mol. The largest absolute Gasteiger partial charge is 0.508 e. The second-order valence-electron chi connectivity index (χ2n) is 7.56. The molecule has 0 fully saturated rings. The maximum atomic E-state index is 13.2. The van der Waals surface area contributed by atoms with Gasteiger partial charge in [0.05, 0.1) is 20.4 Å². The standard InChI is InChI=1S/C27H21NO5/c1-31-21-11-5-17(6-12-21)23-15-28-16-24(18-3-9-20(29)10-4-18)33-27(30)26(28)25(23)19-7-13-22(32-2)14-8-19/h3-16,29H,1-2H3. The first-order chi connectivity index (χ1) is 16.1. The Bertz CT molecular complexity index is 1480. The Hall–Kier alpha value is -4.45. The second kappa shape index (κ2) is 8.24. The molecular weight excluding hydrogens is 418 g/mol. The summed E-state index contributed by atoms with van der Waals surface area (Å²) in [5.41, 5.74) is 4.15. The van der Waals surface area contributed by atoms with Crippen molar-refractivity contribution in [3.63, 3.8) is 0 Å². The molecule has 0 bridgehead atoms. The number of hydrogen-bond donors (Lipinski definition) is 1. The van der Waals surface area contributed by atoms with Gasteiger partial charge in [0.1, 0.15) is 22.8 Å². The SMILES string of the molecule is COc1ccc(-c2cn3cc(-c4ccc(O)cc4)oc(=O)c3c2-c2ccc(OC)cc2)cc1. The Labute approximate surface area is 189 Å². The molecular formula is C27H21NO5. The van der Waals surface area contributed by atoms with Crippen molar-refractivity contribution in [2.24, 2.45) is 0 Å². The molecule has 0 saturated heterocycles. The van der Waals surface area contributed by atoms with Gasteiger partial charge in [-0.25, -0.2) is 4.79 Å². The molecule has 0 spiro atoms. The quantitative estimate of drug-likeness (QED) is 0.385. The van der Waals surface area contributed by atoms with Gasteiger partial charge in [-0.3, -0.25) is 0 Å². The predicted molar refractivity (Wildman–Crippen MR) is 127 cm³/mol. The van der Waals surface area contributed by atoms with Gasteiger partial charge in [0.2, 0.25) is 0 Å². The van der Waals surface area contributed by atoms with Crippen molar-refractivity contribution in [2.45, 2.75) is 0 Å². The van der Waals surface area contributed by atoms with Crippen LogP contribution in [0.5, 0.6) is 17.2 Å². The molecule has 6 heteroatoms. The van der Waals surface area contributed by atoms with E-state index in [0.717, 1.165) is 33.8 Å². The highest BCUT2D eigenvalue weighted by Crippen LogP contribution is 2.38. The van der Waals surface area contributed by atoms with E-state index in [-0.39, 0.29) is 5.75 Å². The molecule has 164 valence electrons. The smallest absolute Gasteiger partial charge is 0.361 e. The minimum absolute atomic E-state index is 0.145. The number of fused-ring (bicyclic) bond motifs is 1. The lowest BCUT2D eigenvalue weighted by Crippen LogP contribution is -2.05. The van der Waals surface area contributed by atoms with Crippen LogP contribution in [0.15, 0.2) is 94.4 Å². The molecule has 0 aliphatic rings. The molecule has 0 aliphatic heterocycles. The van der Waals surface area contributed by atoms with Crippen LogP contribution < -0.4 is 15.1 Å². The van der Waals surface area contributed by atoms with Crippen LogP contribution >= 0.6 is 0 Å². The Balaban J connectivity index is 1.76. The van der Waals surface area contributed by atoms with Crippen LogP contribution in [-0.4, -0.2) is 23.7 Å². The summed E-state index contributed by atoms with van der Waals surface area (Å²) in [7, 11) is 3.24. The van der Waals surface area contributed by atoms with E-state index in [9.17, 15) is 9.90 Å². The Morgan fingerprint density at radius 1 is 0.727 bits per heavy atom. The number of hydrogen-bond acceptors (Lipinski definition) is 5. The Morgan fingerprint density at radius 3 is 1.85 bits per heavy atom. The lowest BCUT2D eigenvalue weighted by molar-refractivity contribution is 0.414. The van der Waals surface area contributed by atoms with Crippen molar-refractivity contribution in [2.75, 3.05) is 14.2 Å². The summed E-state index contributed by atoms with van der Waals surface area (Å²) >= 11 is 0. The summed E-state index contributed by atoms with van der Waals surface area (Å²) in [6, 6.07) is 21.8. The number of methoxy groups -OCH3 is 2. The fraction of sp³-hybridized carbons (Fsp3) is 0.0741. The van der Waals surface area contributed by atoms with Gasteiger partial charge in [0.15, 0.2) is 5.76 Å². The molecule has 3 aromatic carbocycles. The van der Waals surface area contributed by atoms with Crippen LogP contribution in [0.1, 0.15) is 0 Å². The first-order valence-electron chi connectivity index (χ1n) is 10.3. The fourth-order valence-electron chi connectivity index (χ4n) is 3.93. The van der Waals surface area contributed by atoms with E-state index in [1.807, 2.05) is 54.7 Å². The number of nitrogens with zero attached hydrogens (tertiary/aromatic N) is 1. The van der Waals surface area contributed by atoms with Crippen LogP contribution in [0.3, 0.4) is 0 Å². The molecule has 6 nitrogen and oxygen atoms in total. The summed E-state index contributed by atoms with van der Waals surface area (Å²) in [5, 5.41) is 9.58. The highest BCUT2D eigenvalue weighted by Gasteiger charge is 2.19. The third-order valence-electron chi connectivity index (χ3n) is 5.62. The normalized spacial score (nSPS) is 11.0. The molecule has 0 aliphatic carbocycles. The van der Waals surface area contributed by atoms with Crippen LogP contribution in [-0.2, 0) is 0 Å². The molecule has 0 amide bonds. The molecule has 0 atom stereocenters. The lowest BCUT2D eigenvalue weighted by Gasteiger charge is -2.08. The van der Waals surface area contributed by atoms with E-state index in [2.05, 4.69) is 0 Å². The van der Waals surface area contributed by atoms with Crippen LogP contribution in [0, 0.1) is 0 Å². The van der Waals surface area contributed by atoms with Gasteiger partial charge in [-0.2, -0.15) is 0 Å². The number of aromatic nitrogens is 1. The minimum atomic E-state index is -0.453. The highest BCUT2D eigenvalue weighted by atomic mass is 16.5. The van der Waals surface area contributed by atoms with E-state index in [1.54, 1.807) is 49.1 Å². The first kappa shape index (κ1) is 20.5. The van der Waals surface area contributed by atoms with E-state index in [1.165, 1.54) is 0 Å². The summed E-state index contributed by atoms with van der Waals surface area (Å²) in [5.74, 6) is 2.04. The molecule has 1 N–H and O–H groups in total. The van der Waals surface area contributed by atoms with Crippen LogP contribution in [0.25, 0.3) is 39.1 Å². The Kier molecular flexibility index (Phi) is 5.11. The molecule has 2 heterocycles. The van der Waals surface area contributed by atoms with Gasteiger partial charge < -0.3 is 23.4 Å². The van der Waals surface area contributed by atoms with Crippen molar-refractivity contribution >= 4 is 5.52 Å². The van der Waals surface area contributed by atoms with Crippen molar-refractivity contribution in [3.8, 4) is 50.8 Å². The highest BCUT2D eigenvalue weighted by molar-refractivity contribution is 5.94. The zero-order chi connectivity index (χ0) is 22.9. The molecule has 5 aromatic rings. The number of ether oxygens (including phenoxy) is 2. The zero-order valence-electron chi connectivity index (χ0n) is 18.1. The van der Waals surface area contributed by atoms with Crippen molar-refractivity contribution in [1.82, 2.24) is 4.40 Å². The molecule has 33 heavy (non-hydrogen) atoms. The van der Waals surface area contributed by atoms with Crippen LogP contribution in [0.4, 0.5) is 0 Å². The summed E-state index contributed by atoms with van der Waals surface area (Å²) < 4.78 is 18.1. The molecule has 5 rings (SSSR count). The minimum Gasteiger partial charge on any atom is -0.508 e. The van der Waals surface area contributed by atoms with Gasteiger partial charge in [0, 0.05) is 22.9 Å². The predicted octanol–water partition coefficient (Wildman–Crippen LogP) is 5.62. The molecule has 0 saturated carbocycles. The van der Waals surface area contributed by atoms with Crippen LogP contribution in [0.2, 0.25) is 0 Å². The number of rotatable bonds is 5. The van der Waals surface area contributed by atoms with Gasteiger partial charge in [-0.05, 0) is 59.7 Å². The average Bonchev–Trinajstić information content (AvgIpc) is 3.24. The number of phenolic OH excluding ortho intramolecular Hbond substituents is 1. The van der Waals surface area contributed by atoms with E-state index in [4.69, 9.17) is 13.9 Å². The average molecular weight is 439 g/mol. The van der Waals surface area contributed by atoms with Crippen molar-refractivity contribution in [3.05, 3.63) is 95.6 Å². The lowest BCUT2D eigenvalue weighted by atomic mass is 9.97.